The van der Waals surface area contributed by atoms with Gasteiger partial charge in [0.2, 0.25) is 0 Å². The Hall–Kier alpha value is -0.400. The van der Waals surface area contributed by atoms with Crippen LogP contribution in [0.3, 0.4) is 0 Å². The predicted molar refractivity (Wildman–Crippen MR) is 60.3 cm³/mol. The SMILES string of the molecule is CC1CCCCCCCCCC1N=O. The van der Waals surface area contributed by atoms with E-state index in [1.807, 2.05) is 0 Å². The molecule has 0 amide bonds. The van der Waals surface area contributed by atoms with E-state index in [9.17, 15) is 4.91 Å². The molecule has 0 spiro atoms. The van der Waals surface area contributed by atoms with E-state index in [4.69, 9.17) is 0 Å². The van der Waals surface area contributed by atoms with Crippen LogP contribution >= 0.6 is 0 Å². The second-order valence-electron chi connectivity index (χ2n) is 4.70. The highest BCUT2D eigenvalue weighted by Crippen LogP contribution is 2.23. The predicted octanol–water partition coefficient (Wildman–Crippen LogP) is 4.28. The summed E-state index contributed by atoms with van der Waals surface area (Å²) in [4.78, 5) is 10.7. The van der Waals surface area contributed by atoms with Crippen molar-refractivity contribution in [2.45, 2.75) is 70.8 Å². The molecule has 2 atom stereocenters. The molecule has 0 radical (unpaired) electrons. The topological polar surface area (TPSA) is 29.4 Å². The zero-order chi connectivity index (χ0) is 10.2. The fourth-order valence-corrected chi connectivity index (χ4v) is 2.34. The van der Waals surface area contributed by atoms with Gasteiger partial charge in [0.25, 0.3) is 0 Å². The minimum atomic E-state index is 0.0908. The van der Waals surface area contributed by atoms with Gasteiger partial charge in [0, 0.05) is 0 Å². The van der Waals surface area contributed by atoms with E-state index in [2.05, 4.69) is 12.1 Å². The minimum Gasteiger partial charge on any atom is -0.151 e. The van der Waals surface area contributed by atoms with Gasteiger partial charge < -0.3 is 0 Å². The summed E-state index contributed by atoms with van der Waals surface area (Å²) in [5.41, 5.74) is 0. The maximum Gasteiger partial charge on any atom is 0.0945 e. The lowest BCUT2D eigenvalue weighted by Gasteiger charge is -2.16. The molecule has 2 unspecified atom stereocenters. The van der Waals surface area contributed by atoms with Gasteiger partial charge in [-0.15, -0.1) is 0 Å². The van der Waals surface area contributed by atoms with Crippen molar-refractivity contribution in [1.82, 2.24) is 0 Å². The van der Waals surface area contributed by atoms with Gasteiger partial charge in [0.1, 0.15) is 0 Å². The summed E-state index contributed by atoms with van der Waals surface area (Å²) in [5.74, 6) is 0.505. The van der Waals surface area contributed by atoms with Crippen LogP contribution in [-0.2, 0) is 0 Å². The Bertz CT molecular complexity index is 158. The van der Waals surface area contributed by atoms with Crippen LogP contribution in [0, 0.1) is 10.8 Å². The minimum absolute atomic E-state index is 0.0908. The Kier molecular flexibility index (Phi) is 5.81. The van der Waals surface area contributed by atoms with E-state index in [0.717, 1.165) is 6.42 Å². The van der Waals surface area contributed by atoms with Crippen molar-refractivity contribution in [3.63, 3.8) is 0 Å². The van der Waals surface area contributed by atoms with Crippen LogP contribution < -0.4 is 0 Å². The summed E-state index contributed by atoms with van der Waals surface area (Å²) in [6.45, 7) is 2.18. The molecule has 0 bridgehead atoms. The van der Waals surface area contributed by atoms with Gasteiger partial charge in [0.05, 0.1) is 6.04 Å². The molecular weight excluding hydrogens is 174 g/mol. The van der Waals surface area contributed by atoms with E-state index in [0.29, 0.717) is 5.92 Å². The number of hydrogen-bond donors (Lipinski definition) is 0. The Labute approximate surface area is 87.4 Å². The van der Waals surface area contributed by atoms with Crippen molar-refractivity contribution in [3.05, 3.63) is 4.91 Å². The van der Waals surface area contributed by atoms with Crippen molar-refractivity contribution >= 4 is 0 Å². The molecule has 1 saturated carbocycles. The first-order chi connectivity index (χ1) is 6.84. The monoisotopic (exact) mass is 197 g/mol. The Morgan fingerprint density at radius 2 is 1.36 bits per heavy atom. The Balaban J connectivity index is 2.37. The van der Waals surface area contributed by atoms with E-state index in [1.165, 1.54) is 51.4 Å². The third kappa shape index (κ3) is 4.21. The van der Waals surface area contributed by atoms with Crippen molar-refractivity contribution in [2.75, 3.05) is 0 Å². The Morgan fingerprint density at radius 1 is 0.857 bits per heavy atom. The Morgan fingerprint density at radius 3 is 1.93 bits per heavy atom. The van der Waals surface area contributed by atoms with Crippen molar-refractivity contribution in [2.24, 2.45) is 11.1 Å². The number of hydrogen-bond acceptors (Lipinski definition) is 2. The molecule has 0 aromatic heterocycles. The van der Waals surface area contributed by atoms with Crippen LogP contribution in [0.15, 0.2) is 5.18 Å². The second-order valence-corrected chi connectivity index (χ2v) is 4.70. The largest absolute Gasteiger partial charge is 0.151 e. The average molecular weight is 197 g/mol. The lowest BCUT2D eigenvalue weighted by atomic mass is 9.93. The molecular formula is C12H23NO. The fraction of sp³-hybridized carbons (Fsp3) is 1.00. The van der Waals surface area contributed by atoms with Crippen LogP contribution in [0.2, 0.25) is 0 Å². The molecule has 0 aliphatic heterocycles. The summed E-state index contributed by atoms with van der Waals surface area (Å²) < 4.78 is 0. The van der Waals surface area contributed by atoms with Gasteiger partial charge in [-0.1, -0.05) is 57.0 Å². The second kappa shape index (κ2) is 6.97. The molecule has 0 aromatic carbocycles. The summed E-state index contributed by atoms with van der Waals surface area (Å²) >= 11 is 0. The highest BCUT2D eigenvalue weighted by molar-refractivity contribution is 4.73. The number of nitroso groups, excluding NO2 is 1. The summed E-state index contributed by atoms with van der Waals surface area (Å²) in [5, 5.41) is 3.28. The quantitative estimate of drug-likeness (QED) is 0.577. The van der Waals surface area contributed by atoms with Crippen molar-refractivity contribution in [1.29, 1.82) is 0 Å². The van der Waals surface area contributed by atoms with E-state index >= 15 is 0 Å². The lowest BCUT2D eigenvalue weighted by molar-refractivity contribution is 0.386. The van der Waals surface area contributed by atoms with Crippen LogP contribution in [0.4, 0.5) is 0 Å². The molecule has 14 heavy (non-hydrogen) atoms. The molecule has 0 saturated heterocycles. The fourth-order valence-electron chi connectivity index (χ4n) is 2.34. The van der Waals surface area contributed by atoms with Gasteiger partial charge in [-0.3, -0.25) is 0 Å². The van der Waals surface area contributed by atoms with E-state index in [-0.39, 0.29) is 6.04 Å². The highest BCUT2D eigenvalue weighted by Gasteiger charge is 2.17. The first kappa shape index (κ1) is 11.7. The molecule has 0 N–H and O–H groups in total. The van der Waals surface area contributed by atoms with Crippen LogP contribution in [-0.4, -0.2) is 6.04 Å². The van der Waals surface area contributed by atoms with Crippen LogP contribution in [0.25, 0.3) is 0 Å². The average Bonchev–Trinajstić information content (AvgIpc) is 2.24. The molecule has 1 aliphatic carbocycles. The van der Waals surface area contributed by atoms with Gasteiger partial charge in [-0.05, 0) is 18.8 Å². The van der Waals surface area contributed by atoms with Gasteiger partial charge in [0.15, 0.2) is 0 Å². The van der Waals surface area contributed by atoms with Gasteiger partial charge in [-0.25, -0.2) is 0 Å². The maximum atomic E-state index is 10.7. The van der Waals surface area contributed by atoms with Gasteiger partial charge >= 0.3 is 0 Å². The zero-order valence-electron chi connectivity index (χ0n) is 9.37. The number of rotatable bonds is 1. The van der Waals surface area contributed by atoms with E-state index < -0.39 is 0 Å². The summed E-state index contributed by atoms with van der Waals surface area (Å²) in [6.07, 6.45) is 11.4. The molecule has 1 fully saturated rings. The summed E-state index contributed by atoms with van der Waals surface area (Å²) in [7, 11) is 0. The van der Waals surface area contributed by atoms with Crippen molar-refractivity contribution in [3.8, 4) is 0 Å². The zero-order valence-corrected chi connectivity index (χ0v) is 9.37. The lowest BCUT2D eigenvalue weighted by Crippen LogP contribution is -2.15. The standard InChI is InChI=1S/C12H23NO/c1-11-9-7-5-3-2-4-6-8-10-12(11)13-14/h11-12H,2-10H2,1H3. The smallest absolute Gasteiger partial charge is 0.0945 e. The third-order valence-corrected chi connectivity index (χ3v) is 3.45. The highest BCUT2D eigenvalue weighted by atomic mass is 16.3. The first-order valence-corrected chi connectivity index (χ1v) is 6.17. The van der Waals surface area contributed by atoms with Crippen LogP contribution in [0.1, 0.15) is 64.7 Å². The molecule has 1 aliphatic rings. The first-order valence-electron chi connectivity index (χ1n) is 6.17. The summed E-state index contributed by atoms with van der Waals surface area (Å²) in [6, 6.07) is 0.0908. The van der Waals surface area contributed by atoms with Gasteiger partial charge in [-0.2, -0.15) is 4.91 Å². The molecule has 2 nitrogen and oxygen atoms in total. The maximum absolute atomic E-state index is 10.7. The third-order valence-electron chi connectivity index (χ3n) is 3.45. The van der Waals surface area contributed by atoms with Crippen molar-refractivity contribution < 1.29 is 0 Å². The van der Waals surface area contributed by atoms with E-state index in [1.54, 1.807) is 0 Å². The molecule has 1 rings (SSSR count). The normalized spacial score (nSPS) is 31.8. The molecule has 82 valence electrons. The molecule has 2 heteroatoms. The molecule has 0 aromatic rings. The van der Waals surface area contributed by atoms with Crippen LogP contribution in [0.5, 0.6) is 0 Å². The number of nitrogens with zero attached hydrogens (tertiary/aromatic N) is 1. The molecule has 0 heterocycles.